The molecule has 0 fully saturated rings. The van der Waals surface area contributed by atoms with Crippen molar-refractivity contribution in [3.63, 3.8) is 0 Å². The van der Waals surface area contributed by atoms with E-state index in [1.165, 1.54) is 38.7 Å². The van der Waals surface area contributed by atoms with Crippen molar-refractivity contribution in [2.45, 2.75) is 6.54 Å². The second-order valence-corrected chi connectivity index (χ2v) is 7.49. The van der Waals surface area contributed by atoms with Gasteiger partial charge in [-0.1, -0.05) is 30.3 Å². The second-order valence-electron chi connectivity index (χ2n) is 7.49. The minimum atomic E-state index is 0. The lowest BCUT2D eigenvalue weighted by atomic mass is 10.1. The van der Waals surface area contributed by atoms with Gasteiger partial charge < -0.3 is 26.8 Å². The van der Waals surface area contributed by atoms with E-state index in [1.807, 2.05) is 0 Å². The number of pyridine rings is 1. The molecule has 3 nitrogen and oxygen atoms in total. The molecule has 144 valence electrons. The van der Waals surface area contributed by atoms with E-state index in [-0.39, 0.29) is 17.0 Å². The monoisotopic (exact) mass is 435 g/mol. The van der Waals surface area contributed by atoms with Crippen LogP contribution in [0.2, 0.25) is 0 Å². The Morgan fingerprint density at radius 1 is 0.643 bits per heavy atom. The molecule has 0 saturated heterocycles. The van der Waals surface area contributed by atoms with Crippen molar-refractivity contribution in [1.29, 1.82) is 0 Å². The Morgan fingerprint density at radius 2 is 1.14 bits per heavy atom. The van der Waals surface area contributed by atoms with Crippen molar-refractivity contribution in [3.8, 4) is 0 Å². The highest BCUT2D eigenvalue weighted by Crippen LogP contribution is 2.25. The molecule has 0 atom stereocenters. The maximum atomic E-state index is 2.44. The van der Waals surface area contributed by atoms with Crippen molar-refractivity contribution in [3.05, 3.63) is 78.4 Å². The van der Waals surface area contributed by atoms with Crippen LogP contribution in [-0.2, 0) is 6.54 Å². The average molecular weight is 436 g/mol. The fourth-order valence-corrected chi connectivity index (χ4v) is 3.57. The molecular weight excluding hydrogens is 410 g/mol. The van der Waals surface area contributed by atoms with Crippen LogP contribution in [0.15, 0.2) is 72.8 Å². The standard InChI is InChI=1S/C24H26N3.BrH/c1-25(2)21-12-10-19-14-20-11-13-22(26(3)4)16-24(20)27(23(19)15-21)17-18-8-6-5-7-9-18;/h5-16H,17H2,1-4H3;1H/q+1;/p-1. The van der Waals surface area contributed by atoms with Crippen LogP contribution in [-0.4, -0.2) is 28.2 Å². The zero-order valence-corrected chi connectivity index (χ0v) is 18.4. The fraction of sp³-hybridized carbons (Fsp3) is 0.208. The van der Waals surface area contributed by atoms with Gasteiger partial charge in [0.1, 0.15) is 0 Å². The predicted molar refractivity (Wildman–Crippen MR) is 116 cm³/mol. The molecule has 0 saturated carbocycles. The fourth-order valence-electron chi connectivity index (χ4n) is 3.57. The molecule has 4 heteroatoms. The second kappa shape index (κ2) is 8.19. The van der Waals surface area contributed by atoms with Gasteiger partial charge >= 0.3 is 0 Å². The van der Waals surface area contributed by atoms with Crippen molar-refractivity contribution >= 4 is 33.2 Å². The first-order valence-electron chi connectivity index (χ1n) is 9.32. The van der Waals surface area contributed by atoms with E-state index in [1.54, 1.807) is 0 Å². The largest absolute Gasteiger partial charge is 1.00 e. The number of fused-ring (bicyclic) bond motifs is 2. The summed E-state index contributed by atoms with van der Waals surface area (Å²) in [7, 11) is 8.36. The molecule has 0 spiro atoms. The van der Waals surface area contributed by atoms with Crippen molar-refractivity contribution in [1.82, 2.24) is 0 Å². The molecule has 4 rings (SSSR count). The lowest BCUT2D eigenvalue weighted by Crippen LogP contribution is -3.00. The number of nitrogens with zero attached hydrogens (tertiary/aromatic N) is 3. The van der Waals surface area contributed by atoms with Gasteiger partial charge in [-0.15, -0.1) is 0 Å². The molecule has 0 unspecified atom stereocenters. The Hall–Kier alpha value is -2.59. The molecule has 0 N–H and O–H groups in total. The molecular formula is C24H26BrN3. The first-order chi connectivity index (χ1) is 13.0. The Kier molecular flexibility index (Phi) is 5.90. The third kappa shape index (κ3) is 3.83. The minimum Gasteiger partial charge on any atom is -1.00 e. The lowest BCUT2D eigenvalue weighted by Gasteiger charge is -2.15. The highest BCUT2D eigenvalue weighted by molar-refractivity contribution is 5.91. The summed E-state index contributed by atoms with van der Waals surface area (Å²) < 4.78 is 2.44. The molecule has 3 aromatic carbocycles. The lowest BCUT2D eigenvalue weighted by molar-refractivity contribution is -0.635. The SMILES string of the molecule is CN(C)c1ccc2cc3ccc(N(C)C)cc3[n+](Cc3ccccc3)c2c1.[Br-]. The molecule has 4 aromatic rings. The van der Waals surface area contributed by atoms with E-state index in [9.17, 15) is 0 Å². The van der Waals surface area contributed by atoms with Crippen LogP contribution in [0.25, 0.3) is 21.8 Å². The van der Waals surface area contributed by atoms with Gasteiger partial charge in [0.25, 0.3) is 0 Å². The van der Waals surface area contributed by atoms with Gasteiger partial charge in [-0.05, 0) is 30.3 Å². The molecule has 0 aliphatic rings. The van der Waals surface area contributed by atoms with Gasteiger partial charge in [0.05, 0.1) is 0 Å². The van der Waals surface area contributed by atoms with Crippen LogP contribution in [0.5, 0.6) is 0 Å². The van der Waals surface area contributed by atoms with E-state index >= 15 is 0 Å². The molecule has 1 aromatic heterocycles. The van der Waals surface area contributed by atoms with Crippen LogP contribution >= 0.6 is 0 Å². The normalized spacial score (nSPS) is 10.7. The highest BCUT2D eigenvalue weighted by Gasteiger charge is 2.18. The molecule has 0 bridgehead atoms. The van der Waals surface area contributed by atoms with Crippen molar-refractivity contribution < 1.29 is 21.5 Å². The van der Waals surface area contributed by atoms with Crippen LogP contribution in [0.4, 0.5) is 11.4 Å². The Labute approximate surface area is 177 Å². The quantitative estimate of drug-likeness (QED) is 0.354. The van der Waals surface area contributed by atoms with Gasteiger partial charge in [0, 0.05) is 68.0 Å². The summed E-state index contributed by atoms with van der Waals surface area (Å²) in [6.45, 7) is 0.850. The summed E-state index contributed by atoms with van der Waals surface area (Å²) in [5.41, 5.74) is 6.25. The number of anilines is 2. The third-order valence-electron chi connectivity index (χ3n) is 5.14. The summed E-state index contributed by atoms with van der Waals surface area (Å²) in [4.78, 5) is 4.32. The highest BCUT2D eigenvalue weighted by atomic mass is 79.9. The number of hydrogen-bond donors (Lipinski definition) is 0. The molecule has 1 heterocycles. The number of aromatic nitrogens is 1. The topological polar surface area (TPSA) is 10.4 Å². The van der Waals surface area contributed by atoms with Gasteiger partial charge in [-0.3, -0.25) is 0 Å². The zero-order chi connectivity index (χ0) is 19.0. The maximum Gasteiger partial charge on any atom is 0.215 e. The molecule has 28 heavy (non-hydrogen) atoms. The van der Waals surface area contributed by atoms with Gasteiger partial charge in [0.15, 0.2) is 6.54 Å². The van der Waals surface area contributed by atoms with E-state index in [0.29, 0.717) is 0 Å². The average Bonchev–Trinajstić information content (AvgIpc) is 2.67. The molecule has 0 amide bonds. The van der Waals surface area contributed by atoms with E-state index in [2.05, 4.69) is 115 Å². The third-order valence-corrected chi connectivity index (χ3v) is 5.14. The van der Waals surface area contributed by atoms with Crippen LogP contribution < -0.4 is 31.3 Å². The number of rotatable bonds is 4. The first-order valence-corrected chi connectivity index (χ1v) is 9.32. The van der Waals surface area contributed by atoms with Crippen molar-refractivity contribution in [2.24, 2.45) is 0 Å². The summed E-state index contributed by atoms with van der Waals surface area (Å²) >= 11 is 0. The summed E-state index contributed by atoms with van der Waals surface area (Å²) in [6, 6.07) is 26.4. The zero-order valence-electron chi connectivity index (χ0n) is 16.9. The molecule has 0 aliphatic carbocycles. The molecule has 0 radical (unpaired) electrons. The van der Waals surface area contributed by atoms with Crippen LogP contribution in [0.3, 0.4) is 0 Å². The van der Waals surface area contributed by atoms with Crippen LogP contribution in [0, 0.1) is 0 Å². The number of hydrogen-bond acceptors (Lipinski definition) is 2. The van der Waals surface area contributed by atoms with Gasteiger partial charge in [-0.25, -0.2) is 0 Å². The summed E-state index contributed by atoms with van der Waals surface area (Å²) in [5.74, 6) is 0. The predicted octanol–water partition coefficient (Wildman–Crippen LogP) is 1.46. The first kappa shape index (κ1) is 20.2. The Balaban J connectivity index is 0.00000225. The minimum absolute atomic E-state index is 0. The Morgan fingerprint density at radius 3 is 1.61 bits per heavy atom. The van der Waals surface area contributed by atoms with E-state index < -0.39 is 0 Å². The van der Waals surface area contributed by atoms with Crippen LogP contribution in [0.1, 0.15) is 5.56 Å². The van der Waals surface area contributed by atoms with Gasteiger partial charge in [-0.2, -0.15) is 4.57 Å². The maximum absolute atomic E-state index is 2.44. The molecule has 0 aliphatic heterocycles. The summed E-state index contributed by atoms with van der Waals surface area (Å²) in [5, 5.41) is 2.53. The van der Waals surface area contributed by atoms with Gasteiger partial charge in [0.2, 0.25) is 11.0 Å². The Bertz CT molecular complexity index is 1040. The smallest absolute Gasteiger partial charge is 0.215 e. The number of halogens is 1. The van der Waals surface area contributed by atoms with E-state index in [4.69, 9.17) is 0 Å². The van der Waals surface area contributed by atoms with Crippen molar-refractivity contribution in [2.75, 3.05) is 38.0 Å². The number of benzene rings is 3. The van der Waals surface area contributed by atoms with E-state index in [0.717, 1.165) is 6.54 Å². The summed E-state index contributed by atoms with van der Waals surface area (Å²) in [6.07, 6.45) is 0.